The summed E-state index contributed by atoms with van der Waals surface area (Å²) in [6.07, 6.45) is 9.21. The SMILES string of the molecule is CCP1C=CC=CC1. The Kier molecular flexibility index (Phi) is 2.29. The second-order valence-electron chi connectivity index (χ2n) is 1.86. The maximum atomic E-state index is 2.34. The number of hydrogen-bond donors (Lipinski definition) is 0. The molecule has 0 spiro atoms. The molecule has 1 heteroatoms. The van der Waals surface area contributed by atoms with Gasteiger partial charge in [0, 0.05) is 0 Å². The molecule has 0 aromatic carbocycles. The summed E-state index contributed by atoms with van der Waals surface area (Å²) in [6, 6.07) is 0. The number of rotatable bonds is 1. The maximum absolute atomic E-state index is 2.34. The summed E-state index contributed by atoms with van der Waals surface area (Å²) in [5.74, 6) is 2.34. The van der Waals surface area contributed by atoms with Gasteiger partial charge in [0.25, 0.3) is 0 Å². The van der Waals surface area contributed by atoms with Gasteiger partial charge in [0.15, 0.2) is 0 Å². The van der Waals surface area contributed by atoms with Crippen LogP contribution in [0.4, 0.5) is 0 Å². The summed E-state index contributed by atoms with van der Waals surface area (Å²) in [4.78, 5) is 0. The van der Waals surface area contributed by atoms with Crippen LogP contribution < -0.4 is 0 Å². The first-order valence-electron chi connectivity index (χ1n) is 3.01. The molecule has 1 aliphatic rings. The van der Waals surface area contributed by atoms with Crippen molar-refractivity contribution < 1.29 is 0 Å². The third-order valence-electron chi connectivity index (χ3n) is 1.29. The molecular formula is C7H11P. The first-order valence-corrected chi connectivity index (χ1v) is 4.79. The Labute approximate surface area is 52.0 Å². The highest BCUT2D eigenvalue weighted by atomic mass is 31.1. The lowest BCUT2D eigenvalue weighted by atomic mass is 10.5. The van der Waals surface area contributed by atoms with Crippen LogP contribution >= 0.6 is 7.92 Å². The Morgan fingerprint density at radius 3 is 2.75 bits per heavy atom. The van der Waals surface area contributed by atoms with Gasteiger partial charge in [0.1, 0.15) is 0 Å². The molecule has 0 amide bonds. The smallest absolute Gasteiger partial charge is 0.0107 e. The maximum Gasteiger partial charge on any atom is -0.0107 e. The van der Waals surface area contributed by atoms with Gasteiger partial charge in [-0.1, -0.05) is 38.9 Å². The molecule has 1 heterocycles. The highest BCUT2D eigenvalue weighted by Crippen LogP contribution is 2.37. The van der Waals surface area contributed by atoms with Crippen LogP contribution in [0.5, 0.6) is 0 Å². The summed E-state index contributed by atoms with van der Waals surface area (Å²) in [5.41, 5.74) is 0. The van der Waals surface area contributed by atoms with Crippen molar-refractivity contribution in [2.24, 2.45) is 0 Å². The minimum absolute atomic E-state index is 0.263. The van der Waals surface area contributed by atoms with E-state index in [1.165, 1.54) is 12.3 Å². The fraction of sp³-hybridized carbons (Fsp3) is 0.429. The van der Waals surface area contributed by atoms with Gasteiger partial charge in [0.05, 0.1) is 0 Å². The van der Waals surface area contributed by atoms with Crippen LogP contribution in [0, 0.1) is 0 Å². The monoisotopic (exact) mass is 126 g/mol. The number of allylic oxidation sites excluding steroid dienone is 3. The van der Waals surface area contributed by atoms with Crippen LogP contribution in [0.25, 0.3) is 0 Å². The van der Waals surface area contributed by atoms with Gasteiger partial charge in [-0.05, 0) is 12.3 Å². The highest BCUT2D eigenvalue weighted by molar-refractivity contribution is 7.61. The van der Waals surface area contributed by atoms with Crippen LogP contribution in [0.2, 0.25) is 0 Å². The Morgan fingerprint density at radius 2 is 2.38 bits per heavy atom. The van der Waals surface area contributed by atoms with Crippen molar-refractivity contribution in [2.45, 2.75) is 6.92 Å². The van der Waals surface area contributed by atoms with Gasteiger partial charge < -0.3 is 0 Å². The summed E-state index contributed by atoms with van der Waals surface area (Å²) in [5, 5.41) is 0. The van der Waals surface area contributed by atoms with Crippen LogP contribution in [0.3, 0.4) is 0 Å². The summed E-state index contributed by atoms with van der Waals surface area (Å²) < 4.78 is 0. The third kappa shape index (κ3) is 1.45. The molecule has 0 radical (unpaired) electrons. The van der Waals surface area contributed by atoms with E-state index in [0.717, 1.165) is 0 Å². The lowest BCUT2D eigenvalue weighted by Gasteiger charge is -2.08. The van der Waals surface area contributed by atoms with Gasteiger partial charge in [-0.25, -0.2) is 0 Å². The van der Waals surface area contributed by atoms with Crippen LogP contribution in [0.15, 0.2) is 24.0 Å². The van der Waals surface area contributed by atoms with Crippen LogP contribution in [-0.2, 0) is 0 Å². The fourth-order valence-corrected chi connectivity index (χ4v) is 2.07. The average Bonchev–Trinajstić information content (AvgIpc) is 1.90. The summed E-state index contributed by atoms with van der Waals surface area (Å²) in [7, 11) is 0.263. The normalized spacial score (nSPS) is 26.4. The van der Waals surface area contributed by atoms with E-state index < -0.39 is 0 Å². The first kappa shape index (κ1) is 6.04. The molecule has 0 aromatic heterocycles. The molecule has 1 aliphatic heterocycles. The van der Waals surface area contributed by atoms with Crippen LogP contribution in [0.1, 0.15) is 6.92 Å². The Balaban J connectivity index is 2.40. The molecule has 1 unspecified atom stereocenters. The first-order chi connectivity index (χ1) is 3.93. The standard InChI is InChI=1S/C7H11P/c1-2-8-6-4-3-5-7-8/h3-6H,2,7H2,1H3. The largest absolute Gasteiger partial charge is 0.0799 e. The lowest BCUT2D eigenvalue weighted by molar-refractivity contribution is 1.47. The molecule has 0 aromatic rings. The second-order valence-corrected chi connectivity index (χ2v) is 4.33. The van der Waals surface area contributed by atoms with Crippen LogP contribution in [-0.4, -0.2) is 12.3 Å². The van der Waals surface area contributed by atoms with E-state index in [1.807, 2.05) is 0 Å². The molecule has 0 N–H and O–H groups in total. The topological polar surface area (TPSA) is 0 Å². The predicted octanol–water partition coefficient (Wildman–Crippen LogP) is 2.57. The van der Waals surface area contributed by atoms with Crippen molar-refractivity contribution in [1.29, 1.82) is 0 Å². The van der Waals surface area contributed by atoms with Gasteiger partial charge in [-0.3, -0.25) is 0 Å². The van der Waals surface area contributed by atoms with Crippen molar-refractivity contribution in [2.75, 3.05) is 12.3 Å². The van der Waals surface area contributed by atoms with E-state index in [2.05, 4.69) is 31.0 Å². The van der Waals surface area contributed by atoms with Gasteiger partial charge >= 0.3 is 0 Å². The summed E-state index contributed by atoms with van der Waals surface area (Å²) in [6.45, 7) is 2.26. The molecule has 0 saturated heterocycles. The van der Waals surface area contributed by atoms with E-state index in [9.17, 15) is 0 Å². The zero-order valence-corrected chi connectivity index (χ0v) is 6.07. The van der Waals surface area contributed by atoms with Gasteiger partial charge in [-0.15, -0.1) is 0 Å². The molecular weight excluding hydrogens is 115 g/mol. The molecule has 0 fully saturated rings. The molecule has 1 rings (SSSR count). The molecule has 8 heavy (non-hydrogen) atoms. The zero-order chi connectivity index (χ0) is 5.82. The van der Waals surface area contributed by atoms with Crippen molar-refractivity contribution in [1.82, 2.24) is 0 Å². The molecule has 44 valence electrons. The van der Waals surface area contributed by atoms with E-state index in [1.54, 1.807) is 0 Å². The van der Waals surface area contributed by atoms with E-state index in [0.29, 0.717) is 0 Å². The Bertz CT molecular complexity index is 114. The van der Waals surface area contributed by atoms with Crippen molar-refractivity contribution >= 4 is 7.92 Å². The minimum Gasteiger partial charge on any atom is -0.0799 e. The quantitative estimate of drug-likeness (QED) is 0.473. The highest BCUT2D eigenvalue weighted by Gasteiger charge is 1.97. The minimum atomic E-state index is 0.263. The average molecular weight is 126 g/mol. The van der Waals surface area contributed by atoms with E-state index in [-0.39, 0.29) is 7.92 Å². The van der Waals surface area contributed by atoms with E-state index in [4.69, 9.17) is 0 Å². The third-order valence-corrected chi connectivity index (χ3v) is 3.38. The Hall–Kier alpha value is -0.0900. The zero-order valence-electron chi connectivity index (χ0n) is 5.17. The number of hydrogen-bond acceptors (Lipinski definition) is 0. The van der Waals surface area contributed by atoms with Gasteiger partial charge in [0.2, 0.25) is 0 Å². The molecule has 0 saturated carbocycles. The molecule has 0 bridgehead atoms. The molecule has 0 nitrogen and oxygen atoms in total. The van der Waals surface area contributed by atoms with Crippen molar-refractivity contribution in [3.8, 4) is 0 Å². The van der Waals surface area contributed by atoms with Crippen molar-refractivity contribution in [3.63, 3.8) is 0 Å². The molecule has 0 aliphatic carbocycles. The van der Waals surface area contributed by atoms with Crippen molar-refractivity contribution in [3.05, 3.63) is 24.0 Å². The second kappa shape index (κ2) is 3.04. The fourth-order valence-electron chi connectivity index (χ4n) is 0.742. The Morgan fingerprint density at radius 1 is 1.50 bits per heavy atom. The lowest BCUT2D eigenvalue weighted by Crippen LogP contribution is -1.81. The van der Waals surface area contributed by atoms with E-state index >= 15 is 0 Å². The molecule has 1 atom stereocenters. The predicted molar refractivity (Wildman–Crippen MR) is 40.6 cm³/mol. The van der Waals surface area contributed by atoms with Gasteiger partial charge in [-0.2, -0.15) is 0 Å². The summed E-state index contributed by atoms with van der Waals surface area (Å²) >= 11 is 0.